The van der Waals surface area contributed by atoms with E-state index >= 15 is 0 Å². The Labute approximate surface area is 499 Å². The molecular weight excluding hydrogens is 1160 g/mol. The molecule has 0 spiro atoms. The topological polar surface area (TPSA) is 349 Å². The van der Waals surface area contributed by atoms with Crippen LogP contribution in [0.3, 0.4) is 0 Å². The first-order chi connectivity index (χ1) is 40.8. The molecule has 0 saturated heterocycles. The van der Waals surface area contributed by atoms with E-state index in [1.807, 2.05) is 27.7 Å². The quantitative estimate of drug-likeness (QED) is 0.0499. The Morgan fingerprint density at radius 1 is 0.524 bits per heavy atom. The summed E-state index contributed by atoms with van der Waals surface area (Å²) >= 11 is 17.3. The van der Waals surface area contributed by atoms with Crippen LogP contribution in [0.5, 0.6) is 0 Å². The van der Waals surface area contributed by atoms with E-state index in [4.69, 9.17) is 54.5 Å². The third kappa shape index (κ3) is 21.0. The number of aromatic nitrogens is 11. The Morgan fingerprint density at radius 2 is 0.976 bits per heavy atom. The van der Waals surface area contributed by atoms with Gasteiger partial charge in [0.15, 0.2) is 37.0 Å². The molecule has 432 valence electrons. The van der Waals surface area contributed by atoms with Crippen molar-refractivity contribution in [1.82, 2.24) is 54.8 Å². The lowest BCUT2D eigenvalue weighted by Gasteiger charge is -2.14. The van der Waals surface area contributed by atoms with Crippen molar-refractivity contribution in [3.63, 3.8) is 0 Å². The van der Waals surface area contributed by atoms with Crippen molar-refractivity contribution in [3.8, 4) is 0 Å². The number of carbonyl (C=O) groups is 3. The van der Waals surface area contributed by atoms with Gasteiger partial charge in [0.2, 0.25) is 0 Å². The van der Waals surface area contributed by atoms with Gasteiger partial charge in [-0.15, -0.1) is 0 Å². The van der Waals surface area contributed by atoms with Gasteiger partial charge in [-0.05, 0) is 71.9 Å². The summed E-state index contributed by atoms with van der Waals surface area (Å²) in [5.74, 6) is 3.36. The Morgan fingerprint density at radius 3 is 1.41 bits per heavy atom. The summed E-state index contributed by atoms with van der Waals surface area (Å²) in [4.78, 5) is 80.6. The minimum Gasteiger partial charge on any atom is -0.384 e. The summed E-state index contributed by atoms with van der Waals surface area (Å²) in [6.07, 6.45) is 8.15. The normalized spacial score (nSPS) is 12.0. The van der Waals surface area contributed by atoms with Crippen LogP contribution >= 0.6 is 34.8 Å². The number of aryl methyl sites for hydroxylation is 6. The van der Waals surface area contributed by atoms with Crippen LogP contribution in [0.2, 0.25) is 15.2 Å². The van der Waals surface area contributed by atoms with E-state index in [-0.39, 0.29) is 60.0 Å². The maximum atomic E-state index is 12.4. The van der Waals surface area contributed by atoms with Crippen LogP contribution in [-0.2, 0) is 19.7 Å². The Hall–Kier alpha value is -8.23. The summed E-state index contributed by atoms with van der Waals surface area (Å²) < 4.78 is 88.3. The zero-order valence-corrected chi connectivity index (χ0v) is 49.6. The molecule has 0 saturated carbocycles. The molecule has 28 heteroatoms. The molecule has 0 radical (unpaired) electrons. The summed E-state index contributed by atoms with van der Waals surface area (Å²) in [6.45, 7) is 8.08. The lowest BCUT2D eigenvalue weighted by Crippen LogP contribution is -2.09. The average molecular weight is 1220 g/mol. The van der Waals surface area contributed by atoms with E-state index < -0.39 is 57.8 Å². The fourth-order valence-electron chi connectivity index (χ4n) is 6.74. The maximum Gasteiger partial charge on any atom is 0.179 e. The van der Waals surface area contributed by atoms with Crippen LogP contribution in [-0.4, -0.2) is 102 Å². The second kappa shape index (κ2) is 30.5. The highest BCUT2D eigenvalue weighted by molar-refractivity contribution is 7.91. The first kappa shape index (κ1) is 57.0. The fourth-order valence-corrected chi connectivity index (χ4v) is 9.01. The standard InChI is InChI=1S/C20H22N6O3S.C14H15ClN4O.C8H7Cl2NO.C6H9N3.C6H8N2O2S/c1-5-16(27)14-11-22-18(26-19-9-12(2)23-13(3)24-19)10-15(14)25-20-17(30(4,28)29)7-6-8-21-20;1-4-12(20)10-7-16-13(6-11(10)15)19-14-5-8(2)17-9(3)18-14;1-2-7(12)5-4-11-8(10)3-6(5)9;1-4-3-6(7)9-5(2)8-4;1-11(9,10)5-3-2-4-8-6(5)7/h6-11H,5H2,1-4H3,(H2,21,22,23,24,25,26);5-7H,4H2,1-3H3,(H,16,17,18,19);3-4H,2H2,1H3;3H,1-2H3,(H2,7,8,9);2-4H,1H3,(H2,7,8)/i;2*1D3;;. The SMILES string of the molecule is CCC(=O)c1cnc(Nc2cc(C)nc(C)n2)cc1Nc1ncccc1S(C)(=O)=O.CS(=O)(=O)c1cccnc1N.Cc1cc(N)nc(C)n1.[2H]C([2H])([2H])CC(=O)c1cnc(Cl)cc1Cl.[2H]C([2H])([2H])CC(=O)c1cnc(Nc2cc(C)nc(C)n2)cc1Cl. The number of rotatable bonds is 14. The number of Topliss-reactive ketones (excluding diaryl/α,β-unsaturated/α-hetero) is 3. The van der Waals surface area contributed by atoms with Gasteiger partial charge < -0.3 is 27.4 Å². The van der Waals surface area contributed by atoms with E-state index in [2.05, 4.69) is 70.8 Å². The van der Waals surface area contributed by atoms with E-state index in [1.165, 1.54) is 61.3 Å². The Kier molecular flexibility index (Phi) is 21.2. The number of pyridine rings is 5. The van der Waals surface area contributed by atoms with Crippen LogP contribution in [0.25, 0.3) is 0 Å². The molecule has 23 nitrogen and oxygen atoms in total. The number of hydrogen-bond acceptors (Lipinski definition) is 23. The van der Waals surface area contributed by atoms with Crippen LogP contribution in [0.1, 0.15) is 114 Å². The van der Waals surface area contributed by atoms with Gasteiger partial charge in [0.05, 0.1) is 32.4 Å². The predicted molar refractivity (Wildman–Crippen MR) is 319 cm³/mol. The van der Waals surface area contributed by atoms with Gasteiger partial charge in [-0.1, -0.05) is 55.4 Å². The van der Waals surface area contributed by atoms with Crippen molar-refractivity contribution in [2.75, 3.05) is 39.9 Å². The lowest BCUT2D eigenvalue weighted by atomic mass is 10.1. The van der Waals surface area contributed by atoms with Crippen molar-refractivity contribution in [3.05, 3.63) is 158 Å². The molecule has 7 N–H and O–H groups in total. The zero-order chi connectivity index (χ0) is 66.1. The minimum absolute atomic E-state index is 0.0354. The molecule has 0 unspecified atom stereocenters. The van der Waals surface area contributed by atoms with Crippen LogP contribution in [0.4, 0.5) is 46.4 Å². The van der Waals surface area contributed by atoms with Gasteiger partial charge in [-0.2, -0.15) is 0 Å². The number of ketones is 3. The maximum absolute atomic E-state index is 12.4. The van der Waals surface area contributed by atoms with Gasteiger partial charge >= 0.3 is 0 Å². The molecule has 82 heavy (non-hydrogen) atoms. The summed E-state index contributed by atoms with van der Waals surface area (Å²) in [5.41, 5.74) is 14.1. The smallest absolute Gasteiger partial charge is 0.179 e. The van der Waals surface area contributed by atoms with Gasteiger partial charge in [-0.25, -0.2) is 71.7 Å². The first-order valence-corrected chi connectivity index (χ1v) is 28.9. The summed E-state index contributed by atoms with van der Waals surface area (Å²) in [5, 5.41) is 9.46. The van der Waals surface area contributed by atoms with Crippen LogP contribution in [0.15, 0.2) is 101 Å². The van der Waals surface area contributed by atoms with Crippen molar-refractivity contribution < 1.29 is 39.4 Å². The van der Waals surface area contributed by atoms with E-state index in [0.29, 0.717) is 52.0 Å². The number of nitrogen functional groups attached to an aromatic ring is 2. The molecule has 0 amide bonds. The number of carbonyl (C=O) groups excluding carboxylic acids is 3. The monoisotopic (exact) mass is 1220 g/mol. The van der Waals surface area contributed by atoms with E-state index in [9.17, 15) is 31.2 Å². The number of nitrogens with two attached hydrogens (primary N) is 2. The second-order valence-electron chi connectivity index (χ2n) is 17.1. The lowest BCUT2D eigenvalue weighted by molar-refractivity contribution is 0.0980. The van der Waals surface area contributed by atoms with Gasteiger partial charge in [0.25, 0.3) is 0 Å². The fraction of sp³-hybridized carbons (Fsp3) is 0.259. The highest BCUT2D eigenvalue weighted by Gasteiger charge is 2.19. The highest BCUT2D eigenvalue weighted by atomic mass is 35.5. The number of halogens is 3. The number of hydrogen-bond donors (Lipinski definition) is 5. The van der Waals surface area contributed by atoms with Crippen LogP contribution < -0.4 is 27.4 Å². The van der Waals surface area contributed by atoms with Crippen molar-refractivity contribution >= 4 is 118 Å². The molecule has 0 bridgehead atoms. The third-order valence-corrected chi connectivity index (χ3v) is 13.3. The number of anilines is 8. The van der Waals surface area contributed by atoms with Gasteiger partial charge in [-0.3, -0.25) is 14.4 Å². The largest absolute Gasteiger partial charge is 0.384 e. The summed E-state index contributed by atoms with van der Waals surface area (Å²) in [7, 11) is -6.74. The molecule has 0 aliphatic rings. The Bertz CT molecular complexity index is 3970. The Balaban J connectivity index is 0.000000252. The molecule has 8 aromatic heterocycles. The highest BCUT2D eigenvalue weighted by Crippen LogP contribution is 2.29. The summed E-state index contributed by atoms with van der Waals surface area (Å²) in [6, 6.07) is 15.6. The van der Waals surface area contributed by atoms with Crippen molar-refractivity contribution in [2.45, 2.75) is 91.2 Å². The molecule has 0 aliphatic heterocycles. The number of sulfone groups is 2. The zero-order valence-electron chi connectivity index (χ0n) is 51.7. The third-order valence-electron chi connectivity index (χ3n) is 10.2. The number of nitrogens with zero attached hydrogens (tertiary/aromatic N) is 11. The average Bonchev–Trinajstić information content (AvgIpc) is 2.85. The number of nitrogens with one attached hydrogen (secondary N) is 3. The molecule has 8 heterocycles. The second-order valence-corrected chi connectivity index (χ2v) is 22.3. The molecule has 8 rings (SSSR count). The van der Waals surface area contributed by atoms with E-state index in [1.54, 1.807) is 51.1 Å². The molecule has 0 atom stereocenters. The first-order valence-electron chi connectivity index (χ1n) is 27.0. The molecule has 0 aromatic carbocycles. The molecular formula is C54H61Cl3N16O7S2. The van der Waals surface area contributed by atoms with Crippen molar-refractivity contribution in [1.29, 1.82) is 0 Å². The van der Waals surface area contributed by atoms with E-state index in [0.717, 1.165) is 35.4 Å². The predicted octanol–water partition coefficient (Wildman–Crippen LogP) is 10.6. The van der Waals surface area contributed by atoms with Gasteiger partial charge in [0.1, 0.15) is 73.1 Å². The van der Waals surface area contributed by atoms with Gasteiger partial charge in [0, 0.05) is 118 Å². The molecule has 0 fully saturated rings. The van der Waals surface area contributed by atoms with Crippen LogP contribution in [0, 0.1) is 41.5 Å². The minimum atomic E-state index is -3.52. The molecule has 0 aliphatic carbocycles. The van der Waals surface area contributed by atoms with Crippen molar-refractivity contribution in [2.24, 2.45) is 0 Å². The molecule has 8 aromatic rings.